The Morgan fingerprint density at radius 2 is 1.95 bits per heavy atom. The van der Waals surface area contributed by atoms with Gasteiger partial charge in [0, 0.05) is 26.0 Å². The van der Waals surface area contributed by atoms with Crippen LogP contribution in [-0.2, 0) is 6.18 Å². The number of pyridine rings is 1. The van der Waals surface area contributed by atoms with Crippen LogP contribution >= 0.6 is 38.5 Å². The predicted octanol–water partition coefficient (Wildman–Crippen LogP) is 4.78. The van der Waals surface area contributed by atoms with Gasteiger partial charge in [-0.25, -0.2) is 0 Å². The molecule has 1 atom stereocenters. The predicted molar refractivity (Wildman–Crippen MR) is 87.0 cm³/mol. The quantitative estimate of drug-likeness (QED) is 0.653. The molecule has 2 aromatic rings. The molecule has 0 aliphatic carbocycles. The minimum atomic E-state index is -4.41. The van der Waals surface area contributed by atoms with Crippen LogP contribution < -0.4 is 5.32 Å². The Balaban J connectivity index is 2.60. The Labute approximate surface area is 142 Å². The molecule has 0 aliphatic heterocycles. The van der Waals surface area contributed by atoms with Gasteiger partial charge in [-0.15, -0.1) is 0 Å². The average molecular weight is 471 g/mol. The van der Waals surface area contributed by atoms with E-state index >= 15 is 0 Å². The molecule has 0 saturated heterocycles. The van der Waals surface area contributed by atoms with E-state index in [9.17, 15) is 13.2 Å². The van der Waals surface area contributed by atoms with Gasteiger partial charge in [-0.2, -0.15) is 13.2 Å². The maximum atomic E-state index is 13.2. The summed E-state index contributed by atoms with van der Waals surface area (Å²) < 4.78 is 41.2. The summed E-state index contributed by atoms with van der Waals surface area (Å²) in [5.74, 6) is 0. The first-order valence-electron chi connectivity index (χ1n) is 5.98. The molecule has 1 heterocycles. The van der Waals surface area contributed by atoms with E-state index in [1.807, 2.05) is 18.2 Å². The summed E-state index contributed by atoms with van der Waals surface area (Å²) in [7, 11) is 1.63. The Bertz CT molecular complexity index is 646. The molecule has 0 aliphatic rings. The van der Waals surface area contributed by atoms with Crippen molar-refractivity contribution in [2.75, 3.05) is 7.05 Å². The van der Waals surface area contributed by atoms with Gasteiger partial charge in [-0.1, -0.05) is 15.9 Å². The smallest absolute Gasteiger partial charge is 0.309 e. The van der Waals surface area contributed by atoms with Gasteiger partial charge in [0.25, 0.3) is 0 Å². The van der Waals surface area contributed by atoms with Crippen LogP contribution in [0.25, 0.3) is 0 Å². The largest absolute Gasteiger partial charge is 0.416 e. The van der Waals surface area contributed by atoms with Crippen LogP contribution in [0.15, 0.2) is 41.1 Å². The van der Waals surface area contributed by atoms with Crippen molar-refractivity contribution in [1.29, 1.82) is 0 Å². The molecular weight excluding hydrogens is 460 g/mol. The van der Waals surface area contributed by atoms with E-state index in [0.29, 0.717) is 0 Å². The number of aromatic nitrogens is 1. The second kappa shape index (κ2) is 6.62. The molecule has 21 heavy (non-hydrogen) atoms. The molecular formula is C14H11BrF3IN2. The first kappa shape index (κ1) is 16.7. The molecule has 2 nitrogen and oxygen atoms in total. The van der Waals surface area contributed by atoms with Gasteiger partial charge in [0.1, 0.15) is 0 Å². The first-order chi connectivity index (χ1) is 9.84. The lowest BCUT2D eigenvalue weighted by molar-refractivity contribution is -0.138. The van der Waals surface area contributed by atoms with Crippen LogP contribution in [0, 0.1) is 3.57 Å². The lowest BCUT2D eigenvalue weighted by Crippen LogP contribution is -2.22. The molecule has 0 radical (unpaired) electrons. The van der Waals surface area contributed by atoms with Crippen molar-refractivity contribution in [1.82, 2.24) is 10.3 Å². The van der Waals surface area contributed by atoms with Crippen LogP contribution in [0.3, 0.4) is 0 Å². The SMILES string of the molecule is CNC(c1cc(I)ccc1Br)c1cnccc1C(F)(F)F. The first-order valence-corrected chi connectivity index (χ1v) is 7.85. The normalized spacial score (nSPS) is 13.2. The zero-order chi connectivity index (χ0) is 15.6. The summed E-state index contributed by atoms with van der Waals surface area (Å²) in [5.41, 5.74) is 0.167. The van der Waals surface area contributed by atoms with Gasteiger partial charge in [0.15, 0.2) is 0 Å². The Hall–Kier alpha value is -0.670. The molecule has 0 saturated carbocycles. The maximum absolute atomic E-state index is 13.2. The molecule has 112 valence electrons. The summed E-state index contributed by atoms with van der Waals surface area (Å²) in [5, 5.41) is 2.94. The van der Waals surface area contributed by atoms with Crippen molar-refractivity contribution in [3.63, 3.8) is 0 Å². The molecule has 1 aromatic heterocycles. The third-order valence-corrected chi connectivity index (χ3v) is 4.42. The molecule has 0 spiro atoms. The minimum absolute atomic E-state index is 0.107. The monoisotopic (exact) mass is 470 g/mol. The number of nitrogens with one attached hydrogen (secondary N) is 1. The standard InChI is InChI=1S/C14H11BrF3IN2/c1-20-13(9-6-8(19)2-3-12(9)15)10-7-21-5-4-11(10)14(16,17)18/h2-7,13,20H,1H3. The number of hydrogen-bond acceptors (Lipinski definition) is 2. The second-order valence-electron chi connectivity index (χ2n) is 4.35. The van der Waals surface area contributed by atoms with Crippen molar-refractivity contribution in [3.8, 4) is 0 Å². The van der Waals surface area contributed by atoms with Crippen LogP contribution in [0.5, 0.6) is 0 Å². The van der Waals surface area contributed by atoms with Crippen LogP contribution in [0.4, 0.5) is 13.2 Å². The van der Waals surface area contributed by atoms with Crippen molar-refractivity contribution in [2.45, 2.75) is 12.2 Å². The summed E-state index contributed by atoms with van der Waals surface area (Å²) in [6, 6.07) is 5.96. The van der Waals surface area contributed by atoms with Crippen LogP contribution in [-0.4, -0.2) is 12.0 Å². The molecule has 0 bridgehead atoms. The number of alkyl halides is 3. The van der Waals surface area contributed by atoms with Gasteiger partial charge in [-0.05, 0) is 59.5 Å². The zero-order valence-electron chi connectivity index (χ0n) is 10.9. The van der Waals surface area contributed by atoms with Crippen molar-refractivity contribution in [3.05, 3.63) is 61.4 Å². The molecule has 1 unspecified atom stereocenters. The lowest BCUT2D eigenvalue weighted by atomic mass is 9.96. The van der Waals surface area contributed by atoms with Crippen LogP contribution in [0.1, 0.15) is 22.7 Å². The molecule has 1 aromatic carbocycles. The van der Waals surface area contributed by atoms with Gasteiger partial charge < -0.3 is 5.32 Å². The summed E-state index contributed by atoms with van der Waals surface area (Å²) >= 11 is 5.53. The second-order valence-corrected chi connectivity index (χ2v) is 6.45. The summed E-state index contributed by atoms with van der Waals surface area (Å²) in [4.78, 5) is 3.85. The molecule has 7 heteroatoms. The van der Waals surface area contributed by atoms with E-state index in [4.69, 9.17) is 0 Å². The van der Waals surface area contributed by atoms with Gasteiger partial charge in [-0.3, -0.25) is 4.98 Å². The van der Waals surface area contributed by atoms with Gasteiger partial charge >= 0.3 is 6.18 Å². The number of nitrogens with zero attached hydrogens (tertiary/aromatic N) is 1. The van der Waals surface area contributed by atoms with E-state index in [1.54, 1.807) is 7.05 Å². The highest BCUT2D eigenvalue weighted by atomic mass is 127. The highest BCUT2D eigenvalue weighted by molar-refractivity contribution is 14.1. The van der Waals surface area contributed by atoms with Crippen molar-refractivity contribution in [2.24, 2.45) is 0 Å². The summed E-state index contributed by atoms with van der Waals surface area (Å²) in [6.07, 6.45) is -2.00. The lowest BCUT2D eigenvalue weighted by Gasteiger charge is -2.22. The van der Waals surface area contributed by atoms with Gasteiger partial charge in [0.05, 0.1) is 11.6 Å². The molecule has 1 N–H and O–H groups in total. The maximum Gasteiger partial charge on any atom is 0.416 e. The topological polar surface area (TPSA) is 24.9 Å². The highest BCUT2D eigenvalue weighted by Crippen LogP contribution is 2.37. The molecule has 2 rings (SSSR count). The van der Waals surface area contributed by atoms with Gasteiger partial charge in [0.2, 0.25) is 0 Å². The number of benzene rings is 1. The average Bonchev–Trinajstić information content (AvgIpc) is 2.43. The fourth-order valence-electron chi connectivity index (χ4n) is 2.11. The third-order valence-electron chi connectivity index (χ3n) is 3.03. The Kier molecular flexibility index (Phi) is 5.26. The van der Waals surface area contributed by atoms with E-state index in [2.05, 4.69) is 48.8 Å². The van der Waals surface area contributed by atoms with Crippen molar-refractivity contribution >= 4 is 38.5 Å². The minimum Gasteiger partial charge on any atom is -0.309 e. The van der Waals surface area contributed by atoms with E-state index in [0.717, 1.165) is 25.9 Å². The molecule has 0 amide bonds. The number of hydrogen-bond donors (Lipinski definition) is 1. The van der Waals surface area contributed by atoms with E-state index in [1.165, 1.54) is 6.20 Å². The zero-order valence-corrected chi connectivity index (χ0v) is 14.6. The number of rotatable bonds is 3. The Morgan fingerprint density at radius 1 is 1.24 bits per heavy atom. The van der Waals surface area contributed by atoms with Crippen molar-refractivity contribution < 1.29 is 13.2 Å². The Morgan fingerprint density at radius 3 is 2.57 bits per heavy atom. The molecule has 0 fully saturated rings. The van der Waals surface area contributed by atoms with E-state index < -0.39 is 17.8 Å². The fourth-order valence-corrected chi connectivity index (χ4v) is 3.10. The number of halogens is 5. The van der Waals surface area contributed by atoms with E-state index in [-0.39, 0.29) is 5.56 Å². The van der Waals surface area contributed by atoms with Crippen LogP contribution in [0.2, 0.25) is 0 Å². The summed E-state index contributed by atoms with van der Waals surface area (Å²) in [6.45, 7) is 0. The third kappa shape index (κ3) is 3.75. The highest BCUT2D eigenvalue weighted by Gasteiger charge is 2.35. The fraction of sp³-hybridized carbons (Fsp3) is 0.214.